The molecule has 0 saturated heterocycles. The molecule has 17 heteroatoms. The van der Waals surface area contributed by atoms with E-state index < -0.39 is 11.2 Å². The van der Waals surface area contributed by atoms with E-state index in [1.807, 2.05) is 35.8 Å². The molecule has 1 unspecified atom stereocenters. The molecule has 6 amide bonds. The zero-order valence-electron chi connectivity index (χ0n) is 44.1. The van der Waals surface area contributed by atoms with Gasteiger partial charge in [0.25, 0.3) is 23.6 Å². The highest BCUT2D eigenvalue weighted by Crippen LogP contribution is 2.43. The Morgan fingerprint density at radius 3 is 1.27 bits per heavy atom. The first kappa shape index (κ1) is 58.6. The molecular weight excluding hydrogens is 928 g/mol. The molecular formula is C54H83ClN6O10. The minimum absolute atomic E-state index is 0. The van der Waals surface area contributed by atoms with Crippen LogP contribution in [0.2, 0.25) is 0 Å². The van der Waals surface area contributed by atoms with Gasteiger partial charge in [-0.1, -0.05) is 52.4 Å². The van der Waals surface area contributed by atoms with E-state index in [1.165, 1.54) is 12.8 Å². The number of aliphatic hydroxyl groups excluding tert-OH is 2. The number of carbonyl (C=O) groups is 6. The smallest absolute Gasteiger partial charge is 0.271 e. The van der Waals surface area contributed by atoms with Crippen LogP contribution in [0.3, 0.4) is 0 Å². The number of fused-ring (bicyclic) bond motifs is 2. The summed E-state index contributed by atoms with van der Waals surface area (Å²) in [6.07, 6.45) is 12.0. The SMILES string of the molecule is CCC(=O)NCCN1C(=O)C(C)(CCO)Oc2cc(C)c(C(=O)N(C(C)C)C3CCCCC3)cc21.CCC(=O)NCCN1C(=O)[C@](C)(CCO)Oc2cc(C)c(C(=O)N(C(C)C)C3CCCCC3)cc21.Cl. The Bertz CT molecular complexity index is 2040. The number of carbonyl (C=O) groups excluding carboxylic acids is 6. The molecule has 2 heterocycles. The van der Waals surface area contributed by atoms with Crippen molar-refractivity contribution >= 4 is 59.2 Å². The molecule has 4 aliphatic rings. The van der Waals surface area contributed by atoms with Gasteiger partial charge in [0, 0.05) is 100 Å². The fourth-order valence-electron chi connectivity index (χ4n) is 10.4. The Balaban J connectivity index is 0.000000304. The fourth-order valence-corrected chi connectivity index (χ4v) is 10.4. The van der Waals surface area contributed by atoms with Gasteiger partial charge in [-0.2, -0.15) is 0 Å². The number of rotatable bonds is 18. The number of hydrogen-bond acceptors (Lipinski definition) is 10. The van der Waals surface area contributed by atoms with E-state index in [2.05, 4.69) is 38.3 Å². The van der Waals surface area contributed by atoms with Crippen molar-refractivity contribution in [3.05, 3.63) is 46.5 Å². The van der Waals surface area contributed by atoms with Crippen LogP contribution in [0.25, 0.3) is 0 Å². The van der Waals surface area contributed by atoms with Crippen LogP contribution in [-0.4, -0.2) is 130 Å². The summed E-state index contributed by atoms with van der Waals surface area (Å²) in [6, 6.07) is 7.74. The summed E-state index contributed by atoms with van der Waals surface area (Å²) >= 11 is 0. The van der Waals surface area contributed by atoms with E-state index in [9.17, 15) is 39.0 Å². The maximum atomic E-state index is 13.8. The van der Waals surface area contributed by atoms with E-state index in [1.54, 1.807) is 49.6 Å². The van der Waals surface area contributed by atoms with E-state index in [0.717, 1.165) is 62.5 Å². The van der Waals surface area contributed by atoms with Crippen molar-refractivity contribution in [2.75, 3.05) is 49.2 Å². The number of amides is 6. The molecule has 0 spiro atoms. The Labute approximate surface area is 428 Å². The predicted molar refractivity (Wildman–Crippen MR) is 279 cm³/mol. The van der Waals surface area contributed by atoms with Crippen LogP contribution >= 0.6 is 12.4 Å². The predicted octanol–water partition coefficient (Wildman–Crippen LogP) is 7.56. The number of aryl methyl sites for hydroxylation is 2. The van der Waals surface area contributed by atoms with E-state index in [0.29, 0.717) is 46.8 Å². The molecule has 4 N–H and O–H groups in total. The summed E-state index contributed by atoms with van der Waals surface area (Å²) in [5.41, 5.74) is 1.31. The number of aliphatic hydroxyl groups is 2. The van der Waals surface area contributed by atoms with Crippen LogP contribution in [0.15, 0.2) is 24.3 Å². The fraction of sp³-hybridized carbons (Fsp3) is 0.667. The van der Waals surface area contributed by atoms with Crippen LogP contribution in [0.4, 0.5) is 11.4 Å². The first-order valence-corrected chi connectivity index (χ1v) is 26.0. The molecule has 2 aliphatic heterocycles. The third kappa shape index (κ3) is 13.8. The Kier molecular flexibility index (Phi) is 21.6. The molecule has 2 saturated carbocycles. The second-order valence-corrected chi connectivity index (χ2v) is 20.4. The van der Waals surface area contributed by atoms with Crippen molar-refractivity contribution in [1.82, 2.24) is 20.4 Å². The van der Waals surface area contributed by atoms with Gasteiger partial charge in [-0.15, -0.1) is 12.4 Å². The molecule has 2 aromatic rings. The van der Waals surface area contributed by atoms with Crippen molar-refractivity contribution < 1.29 is 48.5 Å². The molecule has 2 fully saturated rings. The summed E-state index contributed by atoms with van der Waals surface area (Å²) in [7, 11) is 0. The first-order valence-electron chi connectivity index (χ1n) is 26.0. The largest absolute Gasteiger partial charge is 0.475 e. The summed E-state index contributed by atoms with van der Waals surface area (Å²) in [6.45, 7) is 19.5. The second kappa shape index (κ2) is 26.1. The number of ether oxygens (including phenoxy) is 2. The summed E-state index contributed by atoms with van der Waals surface area (Å²) in [5, 5.41) is 24.8. The van der Waals surface area contributed by atoms with Gasteiger partial charge in [-0.3, -0.25) is 28.8 Å². The molecule has 2 aliphatic carbocycles. The molecule has 6 rings (SSSR count). The topological polar surface area (TPSA) is 198 Å². The average molecular weight is 1010 g/mol. The number of hydrogen-bond donors (Lipinski definition) is 4. The molecule has 0 radical (unpaired) electrons. The first-order chi connectivity index (χ1) is 33.2. The van der Waals surface area contributed by atoms with E-state index in [4.69, 9.17) is 9.47 Å². The summed E-state index contributed by atoms with van der Waals surface area (Å²) < 4.78 is 12.3. The molecule has 0 aromatic heterocycles. The van der Waals surface area contributed by atoms with Gasteiger partial charge >= 0.3 is 0 Å². The third-order valence-electron chi connectivity index (χ3n) is 14.4. The average Bonchev–Trinajstić information content (AvgIpc) is 3.32. The maximum absolute atomic E-state index is 13.8. The maximum Gasteiger partial charge on any atom is 0.271 e. The van der Waals surface area contributed by atoms with Gasteiger partial charge in [-0.05, 0) is 116 Å². The minimum Gasteiger partial charge on any atom is -0.475 e. The van der Waals surface area contributed by atoms with E-state index >= 15 is 0 Å². The standard InChI is InChI=1S/2C27H41N3O5.ClH/c2*1-6-24(32)28-13-14-29-22-17-21(25(33)30(18(2)3)20-10-8-7-9-11-20)19(4)16-23(22)35-27(5,12-15-31)26(29)34;/h2*16-18,20,31H,6-15H2,1-5H3,(H,28,32);1H/t27-;;/m0../s1. The van der Waals surface area contributed by atoms with Crippen molar-refractivity contribution in [3.63, 3.8) is 0 Å². The highest BCUT2D eigenvalue weighted by Gasteiger charge is 2.46. The van der Waals surface area contributed by atoms with Gasteiger partial charge in [0.1, 0.15) is 11.5 Å². The normalized spacial score (nSPS) is 20.1. The molecule has 0 bridgehead atoms. The van der Waals surface area contributed by atoms with Crippen molar-refractivity contribution in [2.45, 2.75) is 194 Å². The molecule has 396 valence electrons. The quantitative estimate of drug-likeness (QED) is 0.116. The van der Waals surface area contributed by atoms with Gasteiger partial charge < -0.3 is 49.9 Å². The lowest BCUT2D eigenvalue weighted by atomic mass is 9.92. The Hall–Kier alpha value is -4.93. The number of halogens is 1. The molecule has 71 heavy (non-hydrogen) atoms. The molecule has 16 nitrogen and oxygen atoms in total. The lowest BCUT2D eigenvalue weighted by Crippen LogP contribution is -2.56. The lowest BCUT2D eigenvalue weighted by molar-refractivity contribution is -0.135. The van der Waals surface area contributed by atoms with Gasteiger partial charge in [0.15, 0.2) is 11.2 Å². The molecule has 2 aromatic carbocycles. The lowest BCUT2D eigenvalue weighted by Gasteiger charge is -2.41. The Morgan fingerprint density at radius 2 is 0.972 bits per heavy atom. The monoisotopic (exact) mass is 1010 g/mol. The number of nitrogens with one attached hydrogen (secondary N) is 2. The second-order valence-electron chi connectivity index (χ2n) is 20.4. The Morgan fingerprint density at radius 1 is 0.634 bits per heavy atom. The summed E-state index contributed by atoms with van der Waals surface area (Å²) in [5.74, 6) is 0.188. The van der Waals surface area contributed by atoms with Crippen LogP contribution in [-0.2, 0) is 19.2 Å². The van der Waals surface area contributed by atoms with Gasteiger partial charge in [0.2, 0.25) is 11.8 Å². The minimum atomic E-state index is -1.22. The third-order valence-corrected chi connectivity index (χ3v) is 14.4. The van der Waals surface area contributed by atoms with Crippen molar-refractivity contribution in [2.24, 2.45) is 0 Å². The van der Waals surface area contributed by atoms with Crippen LogP contribution in [0.1, 0.15) is 177 Å². The zero-order valence-corrected chi connectivity index (χ0v) is 44.9. The van der Waals surface area contributed by atoms with Gasteiger partial charge in [-0.25, -0.2) is 0 Å². The van der Waals surface area contributed by atoms with Crippen LogP contribution in [0.5, 0.6) is 11.5 Å². The van der Waals surface area contributed by atoms with Gasteiger partial charge in [0.05, 0.1) is 11.4 Å². The summed E-state index contributed by atoms with van der Waals surface area (Å²) in [4.78, 5) is 85.4. The van der Waals surface area contributed by atoms with Crippen molar-refractivity contribution in [1.29, 1.82) is 0 Å². The van der Waals surface area contributed by atoms with Crippen LogP contribution < -0.4 is 29.9 Å². The highest BCUT2D eigenvalue weighted by molar-refractivity contribution is 6.06. The zero-order chi connectivity index (χ0) is 51.5. The molecule has 2 atom stereocenters. The van der Waals surface area contributed by atoms with Crippen molar-refractivity contribution in [3.8, 4) is 11.5 Å². The van der Waals surface area contributed by atoms with Crippen LogP contribution in [0, 0.1) is 13.8 Å². The highest BCUT2D eigenvalue weighted by atomic mass is 35.5. The number of benzene rings is 2. The number of nitrogens with zero attached hydrogens (tertiary/aromatic N) is 4. The number of anilines is 2. The van der Waals surface area contributed by atoms with E-state index in [-0.39, 0.29) is 124 Å².